The van der Waals surface area contributed by atoms with Crippen molar-refractivity contribution in [2.75, 3.05) is 39.5 Å². The third-order valence-electron chi connectivity index (χ3n) is 4.65. The molecule has 1 aliphatic rings. The van der Waals surface area contributed by atoms with Gasteiger partial charge in [0.05, 0.1) is 12.6 Å². The number of furan rings is 1. The molecule has 1 atom stereocenters. The van der Waals surface area contributed by atoms with Gasteiger partial charge < -0.3 is 29.6 Å². The van der Waals surface area contributed by atoms with Crippen LogP contribution in [0, 0.1) is 13.8 Å². The van der Waals surface area contributed by atoms with Crippen LogP contribution in [0.4, 0.5) is 0 Å². The fraction of sp³-hybridized carbons (Fsp3) is 0.750. The maximum Gasteiger partial charge on any atom is 0.191 e. The third-order valence-corrected chi connectivity index (χ3v) is 4.65. The first-order valence-electron chi connectivity index (χ1n) is 9.94. The Morgan fingerprint density at radius 1 is 1.32 bits per heavy atom. The number of halogens is 1. The van der Waals surface area contributed by atoms with E-state index < -0.39 is 5.60 Å². The Hall–Kier alpha value is -0.840. The molecule has 0 radical (unpaired) electrons. The summed E-state index contributed by atoms with van der Waals surface area (Å²) in [4.78, 5) is 4.54. The van der Waals surface area contributed by atoms with E-state index >= 15 is 0 Å². The minimum absolute atomic E-state index is 0. The molecule has 0 bridgehead atoms. The van der Waals surface area contributed by atoms with Gasteiger partial charge in [-0.15, -0.1) is 24.0 Å². The third kappa shape index (κ3) is 8.26. The van der Waals surface area contributed by atoms with E-state index in [1.54, 1.807) is 6.92 Å². The predicted molar refractivity (Wildman–Crippen MR) is 122 cm³/mol. The Kier molecular flexibility index (Phi) is 11.4. The highest BCUT2D eigenvalue weighted by atomic mass is 127. The van der Waals surface area contributed by atoms with Gasteiger partial charge in [0, 0.05) is 38.5 Å². The van der Waals surface area contributed by atoms with Gasteiger partial charge >= 0.3 is 0 Å². The summed E-state index contributed by atoms with van der Waals surface area (Å²) >= 11 is 0. The first-order chi connectivity index (χ1) is 12.9. The van der Waals surface area contributed by atoms with Gasteiger partial charge in [-0.3, -0.25) is 0 Å². The van der Waals surface area contributed by atoms with Gasteiger partial charge in [0.2, 0.25) is 0 Å². The van der Waals surface area contributed by atoms with Crippen LogP contribution in [0.5, 0.6) is 0 Å². The van der Waals surface area contributed by atoms with Crippen LogP contribution in [0.2, 0.25) is 0 Å². The fourth-order valence-electron chi connectivity index (χ4n) is 3.20. The number of aryl methyl sites for hydroxylation is 2. The van der Waals surface area contributed by atoms with E-state index in [-0.39, 0.29) is 30.5 Å². The molecule has 1 aliphatic heterocycles. The van der Waals surface area contributed by atoms with Crippen LogP contribution in [-0.2, 0) is 15.1 Å². The van der Waals surface area contributed by atoms with Crippen molar-refractivity contribution in [2.45, 2.75) is 58.7 Å². The lowest BCUT2D eigenvalue weighted by atomic mass is 9.96. The van der Waals surface area contributed by atoms with Crippen LogP contribution in [0.3, 0.4) is 0 Å². The second-order valence-corrected chi connectivity index (χ2v) is 7.26. The summed E-state index contributed by atoms with van der Waals surface area (Å²) in [5.74, 6) is 2.22. The number of ether oxygens (including phenoxy) is 2. The van der Waals surface area contributed by atoms with E-state index in [1.165, 1.54) is 0 Å². The number of aliphatic imine (C=N–C) groups is 1. The fourth-order valence-corrected chi connectivity index (χ4v) is 3.20. The molecule has 0 aliphatic carbocycles. The summed E-state index contributed by atoms with van der Waals surface area (Å²) in [6.45, 7) is 11.6. The van der Waals surface area contributed by atoms with Gasteiger partial charge in [-0.25, -0.2) is 4.99 Å². The lowest BCUT2D eigenvalue weighted by Crippen LogP contribution is -2.39. The number of aliphatic hydroxyl groups is 1. The van der Waals surface area contributed by atoms with Crippen molar-refractivity contribution in [3.05, 3.63) is 23.2 Å². The van der Waals surface area contributed by atoms with Gasteiger partial charge in [-0.05, 0) is 53.0 Å². The Morgan fingerprint density at radius 3 is 2.64 bits per heavy atom. The van der Waals surface area contributed by atoms with E-state index in [2.05, 4.69) is 15.6 Å². The van der Waals surface area contributed by atoms with Gasteiger partial charge in [0.25, 0.3) is 0 Å². The molecule has 1 fully saturated rings. The summed E-state index contributed by atoms with van der Waals surface area (Å²) in [5, 5.41) is 17.3. The van der Waals surface area contributed by atoms with Crippen molar-refractivity contribution < 1.29 is 19.0 Å². The predicted octanol–water partition coefficient (Wildman–Crippen LogP) is 2.86. The smallest absolute Gasteiger partial charge is 0.191 e. The molecule has 8 heteroatoms. The molecule has 28 heavy (non-hydrogen) atoms. The van der Waals surface area contributed by atoms with Gasteiger partial charge in [0.15, 0.2) is 5.96 Å². The van der Waals surface area contributed by atoms with Crippen molar-refractivity contribution in [3.8, 4) is 0 Å². The average Bonchev–Trinajstić information content (AvgIpc) is 2.99. The zero-order chi connectivity index (χ0) is 19.7. The van der Waals surface area contributed by atoms with E-state index in [0.717, 1.165) is 69.3 Å². The average molecular weight is 509 g/mol. The molecule has 1 aromatic rings. The molecule has 3 N–H and O–H groups in total. The lowest BCUT2D eigenvalue weighted by molar-refractivity contribution is -0.0320. The van der Waals surface area contributed by atoms with Gasteiger partial charge in [-0.1, -0.05) is 0 Å². The second-order valence-electron chi connectivity index (χ2n) is 7.26. The molecule has 2 heterocycles. The van der Waals surface area contributed by atoms with E-state index in [0.29, 0.717) is 12.1 Å². The first kappa shape index (κ1) is 25.2. The van der Waals surface area contributed by atoms with Crippen molar-refractivity contribution in [1.29, 1.82) is 0 Å². The van der Waals surface area contributed by atoms with Crippen molar-refractivity contribution >= 4 is 29.9 Å². The molecule has 0 spiro atoms. The number of hydrogen-bond donors (Lipinski definition) is 3. The molecule has 7 nitrogen and oxygen atoms in total. The van der Waals surface area contributed by atoms with Gasteiger partial charge in [-0.2, -0.15) is 0 Å². The SMILES string of the molecule is CCNC(=NCC(C)(O)c1cc(C)oc1C)NCCCOC1CCOCC1.I. The Bertz CT molecular complexity index is 598. The van der Waals surface area contributed by atoms with E-state index in [1.807, 2.05) is 26.8 Å². The lowest BCUT2D eigenvalue weighted by Gasteiger charge is -2.23. The number of rotatable bonds is 9. The highest BCUT2D eigenvalue weighted by Crippen LogP contribution is 2.27. The molecule has 2 rings (SSSR count). The normalized spacial score (nSPS) is 17.7. The second kappa shape index (κ2) is 12.7. The van der Waals surface area contributed by atoms with Crippen LogP contribution in [-0.4, -0.2) is 56.6 Å². The summed E-state index contributed by atoms with van der Waals surface area (Å²) in [6, 6.07) is 1.87. The molecule has 1 unspecified atom stereocenters. The first-order valence-corrected chi connectivity index (χ1v) is 9.94. The van der Waals surface area contributed by atoms with Crippen molar-refractivity contribution in [1.82, 2.24) is 10.6 Å². The van der Waals surface area contributed by atoms with Crippen LogP contribution < -0.4 is 10.6 Å². The molecule has 0 amide bonds. The molecule has 0 aromatic carbocycles. The zero-order valence-corrected chi connectivity index (χ0v) is 19.9. The van der Waals surface area contributed by atoms with E-state index in [9.17, 15) is 5.11 Å². The van der Waals surface area contributed by atoms with Crippen LogP contribution >= 0.6 is 24.0 Å². The zero-order valence-electron chi connectivity index (χ0n) is 17.5. The van der Waals surface area contributed by atoms with Crippen LogP contribution in [0.1, 0.15) is 50.2 Å². The topological polar surface area (TPSA) is 88.3 Å². The maximum absolute atomic E-state index is 10.8. The Balaban J connectivity index is 0.00000392. The molecule has 162 valence electrons. The summed E-state index contributed by atoms with van der Waals surface area (Å²) < 4.78 is 16.8. The van der Waals surface area contributed by atoms with Crippen LogP contribution in [0.25, 0.3) is 0 Å². The number of guanidine groups is 1. The minimum Gasteiger partial charge on any atom is -0.466 e. The standard InChI is InChI=1S/C20H35N3O4.HI/c1-5-21-19(22-9-6-10-26-17-7-11-25-12-8-17)23-14-20(4,24)18-13-15(2)27-16(18)3;/h13,17,24H,5-12,14H2,1-4H3,(H2,21,22,23);1H. The molecular weight excluding hydrogens is 473 g/mol. The molecule has 1 aromatic heterocycles. The summed E-state index contributed by atoms with van der Waals surface area (Å²) in [7, 11) is 0. The molecule has 0 saturated carbocycles. The number of nitrogens with zero attached hydrogens (tertiary/aromatic N) is 1. The highest BCUT2D eigenvalue weighted by Gasteiger charge is 2.27. The van der Waals surface area contributed by atoms with Crippen molar-refractivity contribution in [2.24, 2.45) is 4.99 Å². The number of nitrogens with one attached hydrogen (secondary N) is 2. The molecule has 1 saturated heterocycles. The maximum atomic E-state index is 10.8. The summed E-state index contributed by atoms with van der Waals surface area (Å²) in [6.07, 6.45) is 3.20. The molecular formula is C20H36IN3O4. The summed E-state index contributed by atoms with van der Waals surface area (Å²) in [5.41, 5.74) is -0.291. The quantitative estimate of drug-likeness (QED) is 0.206. The number of hydrogen-bond acceptors (Lipinski definition) is 5. The largest absolute Gasteiger partial charge is 0.466 e. The van der Waals surface area contributed by atoms with Crippen LogP contribution in [0.15, 0.2) is 15.5 Å². The monoisotopic (exact) mass is 509 g/mol. The minimum atomic E-state index is -1.07. The van der Waals surface area contributed by atoms with E-state index in [4.69, 9.17) is 13.9 Å². The Labute approximate surface area is 185 Å². The Morgan fingerprint density at radius 2 is 2.04 bits per heavy atom. The van der Waals surface area contributed by atoms with Gasteiger partial charge in [0.1, 0.15) is 17.1 Å². The highest BCUT2D eigenvalue weighted by molar-refractivity contribution is 14.0. The van der Waals surface area contributed by atoms with Crippen molar-refractivity contribution in [3.63, 3.8) is 0 Å².